The number of hydrogen-bond donors (Lipinski definition) is 1. The van der Waals surface area contributed by atoms with E-state index in [1.807, 2.05) is 30.3 Å². The van der Waals surface area contributed by atoms with E-state index in [0.717, 1.165) is 31.7 Å². The van der Waals surface area contributed by atoms with Crippen molar-refractivity contribution in [3.63, 3.8) is 0 Å². The molecule has 108 valence electrons. The van der Waals surface area contributed by atoms with E-state index in [0.29, 0.717) is 11.1 Å². The number of nitrogens with two attached hydrogens (primary N) is 1. The molecule has 0 radical (unpaired) electrons. The molecular formula is C16H15BrN2OS. The first-order valence-corrected chi connectivity index (χ1v) is 8.27. The number of halogens is 1. The van der Waals surface area contributed by atoms with Crippen LogP contribution in [0.2, 0.25) is 0 Å². The quantitative estimate of drug-likeness (QED) is 0.620. The van der Waals surface area contributed by atoms with Gasteiger partial charge in [0.1, 0.15) is 5.75 Å². The Kier molecular flexibility index (Phi) is 3.87. The van der Waals surface area contributed by atoms with E-state index in [9.17, 15) is 0 Å². The number of benzene rings is 2. The Balaban J connectivity index is 1.98. The number of hydrogen-bond acceptors (Lipinski definition) is 4. The number of ether oxygens (including phenoxy) is 1. The number of nitrogen functional groups attached to an aromatic ring is 1. The van der Waals surface area contributed by atoms with Crippen LogP contribution in [0.4, 0.5) is 5.69 Å². The van der Waals surface area contributed by atoms with Crippen molar-refractivity contribution in [2.24, 2.45) is 0 Å². The Bertz CT molecular complexity index is 798. The van der Waals surface area contributed by atoms with Crippen molar-refractivity contribution < 1.29 is 4.74 Å². The van der Waals surface area contributed by atoms with E-state index in [1.54, 1.807) is 0 Å². The lowest BCUT2D eigenvalue weighted by Crippen LogP contribution is -1.93. The van der Waals surface area contributed by atoms with Crippen LogP contribution in [0.3, 0.4) is 0 Å². The van der Waals surface area contributed by atoms with Crippen molar-refractivity contribution in [1.29, 1.82) is 0 Å². The van der Waals surface area contributed by atoms with Gasteiger partial charge in [-0.3, -0.25) is 0 Å². The molecule has 0 aliphatic carbocycles. The molecule has 0 fully saturated rings. The average Bonchev–Trinajstić information content (AvgIpc) is 2.82. The third-order valence-electron chi connectivity index (χ3n) is 3.18. The van der Waals surface area contributed by atoms with Gasteiger partial charge >= 0.3 is 0 Å². The van der Waals surface area contributed by atoms with Crippen LogP contribution in [0.15, 0.2) is 40.9 Å². The summed E-state index contributed by atoms with van der Waals surface area (Å²) in [5.41, 5.74) is 8.60. The van der Waals surface area contributed by atoms with Crippen molar-refractivity contribution in [2.75, 3.05) is 5.73 Å². The van der Waals surface area contributed by atoms with Gasteiger partial charge in [0, 0.05) is 10.2 Å². The van der Waals surface area contributed by atoms with E-state index >= 15 is 0 Å². The first-order valence-electron chi connectivity index (χ1n) is 6.66. The summed E-state index contributed by atoms with van der Waals surface area (Å²) in [5, 5.41) is 0.639. The SMILES string of the molecule is CC(C)c1cc(Br)ccc1Oc1nc2ccc(N)cc2s1. The number of aromatic nitrogens is 1. The van der Waals surface area contributed by atoms with E-state index in [2.05, 4.69) is 40.8 Å². The van der Waals surface area contributed by atoms with Gasteiger partial charge in [-0.05, 0) is 47.9 Å². The molecule has 1 aromatic heterocycles. The van der Waals surface area contributed by atoms with Gasteiger partial charge < -0.3 is 10.5 Å². The zero-order valence-electron chi connectivity index (χ0n) is 11.8. The van der Waals surface area contributed by atoms with Crippen molar-refractivity contribution in [1.82, 2.24) is 4.98 Å². The largest absolute Gasteiger partial charge is 0.431 e. The molecule has 0 bridgehead atoms. The van der Waals surface area contributed by atoms with Crippen LogP contribution in [0.1, 0.15) is 25.3 Å². The van der Waals surface area contributed by atoms with Gasteiger partial charge in [-0.2, -0.15) is 0 Å². The van der Waals surface area contributed by atoms with Crippen LogP contribution in [0.25, 0.3) is 10.2 Å². The highest BCUT2D eigenvalue weighted by molar-refractivity contribution is 9.10. The number of nitrogens with zero attached hydrogens (tertiary/aromatic N) is 1. The zero-order chi connectivity index (χ0) is 15.0. The van der Waals surface area contributed by atoms with Gasteiger partial charge in [-0.15, -0.1) is 0 Å². The molecule has 21 heavy (non-hydrogen) atoms. The first-order chi connectivity index (χ1) is 10.0. The minimum absolute atomic E-state index is 0.377. The Hall–Kier alpha value is -1.59. The predicted octanol–water partition coefficient (Wildman–Crippen LogP) is 5.56. The summed E-state index contributed by atoms with van der Waals surface area (Å²) in [6, 6.07) is 11.7. The fourth-order valence-corrected chi connectivity index (χ4v) is 3.38. The van der Waals surface area contributed by atoms with Crippen LogP contribution in [-0.4, -0.2) is 4.98 Å². The molecule has 3 nitrogen and oxygen atoms in total. The lowest BCUT2D eigenvalue weighted by atomic mass is 10.0. The average molecular weight is 363 g/mol. The highest BCUT2D eigenvalue weighted by Gasteiger charge is 2.12. The van der Waals surface area contributed by atoms with Crippen molar-refractivity contribution in [2.45, 2.75) is 19.8 Å². The molecule has 3 rings (SSSR count). The second-order valence-electron chi connectivity index (χ2n) is 5.15. The predicted molar refractivity (Wildman–Crippen MR) is 92.3 cm³/mol. The summed E-state index contributed by atoms with van der Waals surface area (Å²) in [4.78, 5) is 4.50. The second kappa shape index (κ2) is 5.66. The Labute approximate surface area is 135 Å². The highest BCUT2D eigenvalue weighted by Crippen LogP contribution is 2.36. The van der Waals surface area contributed by atoms with E-state index in [1.165, 1.54) is 11.3 Å². The zero-order valence-corrected chi connectivity index (χ0v) is 14.2. The van der Waals surface area contributed by atoms with Gasteiger partial charge in [0.25, 0.3) is 5.19 Å². The molecule has 0 aliphatic heterocycles. The maximum atomic E-state index is 6.00. The summed E-state index contributed by atoms with van der Waals surface area (Å²) >= 11 is 5.01. The number of rotatable bonds is 3. The standard InChI is InChI=1S/C16H15BrN2OS/c1-9(2)12-7-10(17)3-6-14(12)20-16-19-13-5-4-11(18)8-15(13)21-16/h3-9H,18H2,1-2H3. The van der Waals surface area contributed by atoms with Crippen LogP contribution in [0.5, 0.6) is 10.9 Å². The lowest BCUT2D eigenvalue weighted by Gasteiger charge is -2.12. The molecule has 0 amide bonds. The van der Waals surface area contributed by atoms with Crippen molar-refractivity contribution in [3.05, 3.63) is 46.4 Å². The summed E-state index contributed by atoms with van der Waals surface area (Å²) < 4.78 is 8.08. The molecule has 2 N–H and O–H groups in total. The number of anilines is 1. The molecule has 0 saturated heterocycles. The van der Waals surface area contributed by atoms with E-state index in [4.69, 9.17) is 10.5 Å². The molecular weight excluding hydrogens is 348 g/mol. The molecule has 0 atom stereocenters. The van der Waals surface area contributed by atoms with Crippen molar-refractivity contribution >= 4 is 43.2 Å². The molecule has 2 aromatic carbocycles. The van der Waals surface area contributed by atoms with Gasteiger partial charge in [0.2, 0.25) is 0 Å². The van der Waals surface area contributed by atoms with E-state index in [-0.39, 0.29) is 0 Å². The minimum Gasteiger partial charge on any atom is -0.431 e. The Morgan fingerprint density at radius 3 is 2.76 bits per heavy atom. The fourth-order valence-electron chi connectivity index (χ4n) is 2.12. The minimum atomic E-state index is 0.377. The summed E-state index contributed by atoms with van der Waals surface area (Å²) in [7, 11) is 0. The monoisotopic (exact) mass is 362 g/mol. The van der Waals surface area contributed by atoms with E-state index < -0.39 is 0 Å². The Morgan fingerprint density at radius 2 is 2.00 bits per heavy atom. The summed E-state index contributed by atoms with van der Waals surface area (Å²) in [5.74, 6) is 1.22. The molecule has 0 unspecified atom stereocenters. The third kappa shape index (κ3) is 3.04. The van der Waals surface area contributed by atoms with Crippen LogP contribution >= 0.6 is 27.3 Å². The molecule has 0 saturated carbocycles. The van der Waals surface area contributed by atoms with Crippen LogP contribution in [0, 0.1) is 0 Å². The molecule has 0 spiro atoms. The first kappa shape index (κ1) is 14.4. The fraction of sp³-hybridized carbons (Fsp3) is 0.188. The topological polar surface area (TPSA) is 48.1 Å². The molecule has 1 heterocycles. The molecule has 3 aromatic rings. The maximum Gasteiger partial charge on any atom is 0.279 e. The summed E-state index contributed by atoms with van der Waals surface area (Å²) in [6.45, 7) is 4.29. The lowest BCUT2D eigenvalue weighted by molar-refractivity contribution is 0.470. The third-order valence-corrected chi connectivity index (χ3v) is 4.57. The van der Waals surface area contributed by atoms with Gasteiger partial charge in [-0.1, -0.05) is 41.1 Å². The van der Waals surface area contributed by atoms with Gasteiger partial charge in [-0.25, -0.2) is 4.98 Å². The highest BCUT2D eigenvalue weighted by atomic mass is 79.9. The van der Waals surface area contributed by atoms with Crippen LogP contribution in [-0.2, 0) is 0 Å². The number of fused-ring (bicyclic) bond motifs is 1. The molecule has 5 heteroatoms. The number of thiazole rings is 1. The maximum absolute atomic E-state index is 6.00. The summed E-state index contributed by atoms with van der Waals surface area (Å²) in [6.07, 6.45) is 0. The Morgan fingerprint density at radius 1 is 1.19 bits per heavy atom. The normalized spacial score (nSPS) is 11.2. The van der Waals surface area contributed by atoms with Crippen molar-refractivity contribution in [3.8, 4) is 10.9 Å². The van der Waals surface area contributed by atoms with Gasteiger partial charge in [0.15, 0.2) is 0 Å². The van der Waals surface area contributed by atoms with Crippen LogP contribution < -0.4 is 10.5 Å². The van der Waals surface area contributed by atoms with Gasteiger partial charge in [0.05, 0.1) is 10.2 Å². The smallest absolute Gasteiger partial charge is 0.279 e. The second-order valence-corrected chi connectivity index (χ2v) is 7.05. The molecule has 0 aliphatic rings.